The van der Waals surface area contributed by atoms with Crippen LogP contribution >= 0.6 is 0 Å². The van der Waals surface area contributed by atoms with E-state index in [-0.39, 0.29) is 24.4 Å². The highest BCUT2D eigenvalue weighted by Crippen LogP contribution is 2.29. The van der Waals surface area contributed by atoms with Gasteiger partial charge in [0.15, 0.2) is 15.7 Å². The standard InChI is InChI=1S/C17H17FN2O3S/c18-15-12-19-8-6-14(15)17(21)20-9-7-16(24(22,23)11-10-20)13-4-2-1-3-5-13/h1-6,8,12,16H,7,9-11H2/t16-/m1/s1. The van der Waals surface area contributed by atoms with Crippen molar-refractivity contribution < 1.29 is 17.6 Å². The molecule has 24 heavy (non-hydrogen) atoms. The summed E-state index contributed by atoms with van der Waals surface area (Å²) < 4.78 is 38.9. The second-order valence-electron chi connectivity index (χ2n) is 5.70. The second kappa shape index (κ2) is 6.68. The van der Waals surface area contributed by atoms with Gasteiger partial charge in [-0.05, 0) is 18.1 Å². The largest absolute Gasteiger partial charge is 0.337 e. The molecule has 1 atom stereocenters. The minimum Gasteiger partial charge on any atom is -0.337 e. The van der Waals surface area contributed by atoms with E-state index >= 15 is 0 Å². The molecule has 0 bridgehead atoms. The molecule has 0 radical (unpaired) electrons. The first kappa shape index (κ1) is 16.6. The number of amides is 1. The Morgan fingerprint density at radius 3 is 2.62 bits per heavy atom. The fourth-order valence-corrected chi connectivity index (χ4v) is 4.70. The smallest absolute Gasteiger partial charge is 0.256 e. The summed E-state index contributed by atoms with van der Waals surface area (Å²) in [6.45, 7) is 0.325. The molecular formula is C17H17FN2O3S. The first-order valence-corrected chi connectivity index (χ1v) is 9.36. The summed E-state index contributed by atoms with van der Waals surface area (Å²) in [5.41, 5.74) is 0.641. The van der Waals surface area contributed by atoms with Crippen molar-refractivity contribution in [1.29, 1.82) is 0 Å². The van der Waals surface area contributed by atoms with Crippen LogP contribution in [0.1, 0.15) is 27.6 Å². The lowest BCUT2D eigenvalue weighted by molar-refractivity contribution is 0.0761. The summed E-state index contributed by atoms with van der Waals surface area (Å²) in [5.74, 6) is -1.33. The van der Waals surface area contributed by atoms with E-state index in [2.05, 4.69) is 4.98 Å². The van der Waals surface area contributed by atoms with Gasteiger partial charge in [0.2, 0.25) is 0 Å². The number of pyridine rings is 1. The molecule has 2 heterocycles. The average Bonchev–Trinajstić information content (AvgIpc) is 2.74. The van der Waals surface area contributed by atoms with Crippen molar-refractivity contribution in [3.63, 3.8) is 0 Å². The van der Waals surface area contributed by atoms with Crippen molar-refractivity contribution in [2.45, 2.75) is 11.7 Å². The lowest BCUT2D eigenvalue weighted by Crippen LogP contribution is -2.34. The third-order valence-corrected chi connectivity index (χ3v) is 6.33. The van der Waals surface area contributed by atoms with Gasteiger partial charge in [-0.15, -0.1) is 0 Å². The normalized spacial score (nSPS) is 20.4. The lowest BCUT2D eigenvalue weighted by Gasteiger charge is -2.20. The van der Waals surface area contributed by atoms with Crippen LogP contribution in [0.4, 0.5) is 4.39 Å². The van der Waals surface area contributed by atoms with Crippen molar-refractivity contribution >= 4 is 15.7 Å². The molecule has 1 aliphatic heterocycles. The van der Waals surface area contributed by atoms with Crippen molar-refractivity contribution in [1.82, 2.24) is 9.88 Å². The Morgan fingerprint density at radius 2 is 1.92 bits per heavy atom. The van der Waals surface area contributed by atoms with Crippen LogP contribution in [0.5, 0.6) is 0 Å². The predicted molar refractivity (Wildman–Crippen MR) is 87.7 cm³/mol. The van der Waals surface area contributed by atoms with E-state index in [4.69, 9.17) is 0 Å². The number of sulfone groups is 1. The summed E-state index contributed by atoms with van der Waals surface area (Å²) in [6, 6.07) is 10.3. The number of hydrogen-bond acceptors (Lipinski definition) is 4. The van der Waals surface area contributed by atoms with Crippen LogP contribution in [-0.2, 0) is 9.84 Å². The highest BCUT2D eigenvalue weighted by atomic mass is 32.2. The first-order chi connectivity index (χ1) is 11.5. The van der Waals surface area contributed by atoms with Crippen molar-refractivity contribution in [2.75, 3.05) is 18.8 Å². The third-order valence-electron chi connectivity index (χ3n) is 4.20. The quantitative estimate of drug-likeness (QED) is 0.835. The summed E-state index contributed by atoms with van der Waals surface area (Å²) in [5, 5.41) is -0.640. The molecule has 0 spiro atoms. The van der Waals surface area contributed by atoms with Crippen molar-refractivity contribution in [3.8, 4) is 0 Å². The zero-order chi connectivity index (χ0) is 17.2. The molecule has 0 saturated carbocycles. The zero-order valence-corrected chi connectivity index (χ0v) is 13.7. The van der Waals surface area contributed by atoms with Crippen LogP contribution < -0.4 is 0 Å². The number of carbonyl (C=O) groups is 1. The Bertz CT molecular complexity index is 840. The molecule has 2 aromatic rings. The van der Waals surface area contributed by atoms with Gasteiger partial charge >= 0.3 is 0 Å². The van der Waals surface area contributed by atoms with Crippen LogP contribution in [0.2, 0.25) is 0 Å². The van der Waals surface area contributed by atoms with Gasteiger partial charge in [-0.2, -0.15) is 0 Å². The summed E-state index contributed by atoms with van der Waals surface area (Å²) >= 11 is 0. The summed E-state index contributed by atoms with van der Waals surface area (Å²) in [4.78, 5) is 17.5. The number of rotatable bonds is 2. The highest BCUT2D eigenvalue weighted by Gasteiger charge is 2.33. The molecule has 1 amide bonds. The minimum absolute atomic E-state index is 0.0618. The van der Waals surface area contributed by atoms with Gasteiger partial charge in [0.1, 0.15) is 0 Å². The monoisotopic (exact) mass is 348 g/mol. The Labute approximate surface area is 140 Å². The van der Waals surface area contributed by atoms with Crippen LogP contribution in [0.3, 0.4) is 0 Å². The minimum atomic E-state index is -3.37. The van der Waals surface area contributed by atoms with Crippen molar-refractivity contribution in [3.05, 3.63) is 65.7 Å². The predicted octanol–water partition coefficient (Wildman–Crippen LogP) is 2.22. The lowest BCUT2D eigenvalue weighted by atomic mass is 10.1. The topological polar surface area (TPSA) is 67.3 Å². The number of nitrogens with zero attached hydrogens (tertiary/aromatic N) is 2. The third kappa shape index (κ3) is 3.31. The molecule has 0 N–H and O–H groups in total. The van der Waals surface area contributed by atoms with Crippen molar-refractivity contribution in [2.24, 2.45) is 0 Å². The number of carbonyl (C=O) groups excluding carboxylic acids is 1. The van der Waals surface area contributed by atoms with Crippen LogP contribution in [0.25, 0.3) is 0 Å². The maximum atomic E-state index is 13.8. The summed E-state index contributed by atoms with van der Waals surface area (Å²) in [6.07, 6.45) is 2.62. The molecule has 1 aromatic heterocycles. The van der Waals surface area contributed by atoms with Gasteiger partial charge in [-0.1, -0.05) is 30.3 Å². The number of benzene rings is 1. The molecule has 5 nitrogen and oxygen atoms in total. The van der Waals surface area contributed by atoms with Gasteiger partial charge in [0.25, 0.3) is 5.91 Å². The molecular weight excluding hydrogens is 331 g/mol. The summed E-state index contributed by atoms with van der Waals surface area (Å²) in [7, 11) is -3.37. The molecule has 0 unspecified atom stereocenters. The Morgan fingerprint density at radius 1 is 1.17 bits per heavy atom. The maximum absolute atomic E-state index is 13.8. The molecule has 126 valence electrons. The highest BCUT2D eigenvalue weighted by molar-refractivity contribution is 7.91. The molecule has 1 saturated heterocycles. The zero-order valence-electron chi connectivity index (χ0n) is 12.9. The van der Waals surface area contributed by atoms with Crippen LogP contribution in [0, 0.1) is 5.82 Å². The van der Waals surface area contributed by atoms with Crippen LogP contribution in [0.15, 0.2) is 48.8 Å². The molecule has 1 aliphatic rings. The second-order valence-corrected chi connectivity index (χ2v) is 8.01. The van der Waals surface area contributed by atoms with Gasteiger partial charge in [-0.3, -0.25) is 9.78 Å². The van der Waals surface area contributed by atoms with Crippen LogP contribution in [-0.4, -0.2) is 43.1 Å². The Hall–Kier alpha value is -2.28. The molecule has 3 rings (SSSR count). The van der Waals surface area contributed by atoms with Gasteiger partial charge in [-0.25, -0.2) is 12.8 Å². The van der Waals surface area contributed by atoms with E-state index in [1.807, 2.05) is 6.07 Å². The average molecular weight is 348 g/mol. The Balaban J connectivity index is 1.84. The molecule has 1 aromatic carbocycles. The molecule has 0 aliphatic carbocycles. The molecule has 1 fully saturated rings. The Kier molecular flexibility index (Phi) is 4.62. The van der Waals surface area contributed by atoms with Gasteiger partial charge < -0.3 is 4.90 Å². The fourth-order valence-electron chi connectivity index (χ4n) is 2.91. The van der Waals surface area contributed by atoms with Gasteiger partial charge in [0, 0.05) is 19.3 Å². The van der Waals surface area contributed by atoms with E-state index in [1.165, 1.54) is 17.2 Å². The number of aromatic nitrogens is 1. The number of hydrogen-bond donors (Lipinski definition) is 0. The van der Waals surface area contributed by atoms with E-state index < -0.39 is 26.8 Å². The van der Waals surface area contributed by atoms with Gasteiger partial charge in [0.05, 0.1) is 22.8 Å². The first-order valence-electron chi connectivity index (χ1n) is 7.64. The van der Waals surface area contributed by atoms with E-state index in [9.17, 15) is 17.6 Å². The number of halogens is 1. The maximum Gasteiger partial charge on any atom is 0.256 e. The van der Waals surface area contributed by atoms with E-state index in [0.29, 0.717) is 6.42 Å². The fraction of sp³-hybridized carbons (Fsp3) is 0.294. The SMILES string of the molecule is O=C(c1ccncc1F)N1CC[C@H](c2ccccc2)S(=O)(=O)CC1. The van der Waals surface area contributed by atoms with E-state index in [0.717, 1.165) is 11.8 Å². The molecule has 7 heteroatoms. The van der Waals surface area contributed by atoms with E-state index in [1.54, 1.807) is 24.3 Å².